The Kier molecular flexibility index (Phi) is 6.52. The molecule has 0 aliphatic carbocycles. The lowest BCUT2D eigenvalue weighted by Crippen LogP contribution is -2.50. The fraction of sp³-hybridized carbons (Fsp3) is 0.400. The molecule has 172 valence electrons. The van der Waals surface area contributed by atoms with Gasteiger partial charge in [0.2, 0.25) is 0 Å². The van der Waals surface area contributed by atoms with Gasteiger partial charge in [0.25, 0.3) is 0 Å². The summed E-state index contributed by atoms with van der Waals surface area (Å²) in [5.41, 5.74) is 5.45. The second-order valence-electron chi connectivity index (χ2n) is 9.97. The van der Waals surface area contributed by atoms with Crippen LogP contribution in [0, 0.1) is 5.92 Å². The third-order valence-corrected chi connectivity index (χ3v) is 7.71. The van der Waals surface area contributed by atoms with Gasteiger partial charge in [-0.2, -0.15) is 0 Å². The molecule has 0 saturated carbocycles. The van der Waals surface area contributed by atoms with Crippen molar-refractivity contribution in [3.05, 3.63) is 101 Å². The summed E-state index contributed by atoms with van der Waals surface area (Å²) in [7, 11) is 1.78. The van der Waals surface area contributed by atoms with Crippen LogP contribution in [0.1, 0.15) is 54.4 Å². The van der Waals surface area contributed by atoms with Crippen LogP contribution in [-0.2, 0) is 6.54 Å². The van der Waals surface area contributed by atoms with Crippen molar-refractivity contribution in [2.75, 3.05) is 20.2 Å². The summed E-state index contributed by atoms with van der Waals surface area (Å²) >= 11 is 0. The molecule has 2 heterocycles. The van der Waals surface area contributed by atoms with Crippen molar-refractivity contribution in [3.63, 3.8) is 0 Å². The van der Waals surface area contributed by atoms with Crippen LogP contribution in [0.15, 0.2) is 78.9 Å². The summed E-state index contributed by atoms with van der Waals surface area (Å²) in [6.45, 7) is 7.74. The Hall–Kier alpha value is -2.62. The number of benzene rings is 3. The van der Waals surface area contributed by atoms with E-state index in [9.17, 15) is 0 Å². The van der Waals surface area contributed by atoms with Gasteiger partial charge in [-0.3, -0.25) is 4.90 Å². The van der Waals surface area contributed by atoms with Gasteiger partial charge in [-0.25, -0.2) is 0 Å². The van der Waals surface area contributed by atoms with Gasteiger partial charge < -0.3 is 10.1 Å². The molecule has 2 saturated heterocycles. The van der Waals surface area contributed by atoms with Crippen LogP contribution in [0.3, 0.4) is 0 Å². The largest absolute Gasteiger partial charge is 0.496 e. The van der Waals surface area contributed by atoms with Crippen LogP contribution in [-0.4, -0.2) is 37.2 Å². The second kappa shape index (κ2) is 9.70. The molecule has 0 aromatic heterocycles. The average molecular weight is 441 g/mol. The molecule has 2 bridgehead atoms. The number of hydrogen-bond acceptors (Lipinski definition) is 3. The molecule has 5 rings (SSSR count). The zero-order chi connectivity index (χ0) is 22.8. The number of nitrogens with zero attached hydrogens (tertiary/aromatic N) is 1. The van der Waals surface area contributed by atoms with Crippen LogP contribution < -0.4 is 10.1 Å². The molecule has 3 nitrogen and oxygen atoms in total. The third kappa shape index (κ3) is 4.45. The predicted molar refractivity (Wildman–Crippen MR) is 136 cm³/mol. The summed E-state index contributed by atoms with van der Waals surface area (Å²) in [4.78, 5) is 2.73. The minimum Gasteiger partial charge on any atom is -0.496 e. The van der Waals surface area contributed by atoms with Crippen molar-refractivity contribution in [1.82, 2.24) is 10.2 Å². The molecular weight excluding hydrogens is 404 g/mol. The molecule has 3 heteroatoms. The van der Waals surface area contributed by atoms with Crippen LogP contribution in [0.5, 0.6) is 5.75 Å². The fourth-order valence-electron chi connectivity index (χ4n) is 6.02. The molecule has 0 radical (unpaired) electrons. The highest BCUT2D eigenvalue weighted by Crippen LogP contribution is 2.43. The summed E-state index contributed by atoms with van der Waals surface area (Å²) in [5, 5.41) is 4.02. The number of piperidine rings is 1. The van der Waals surface area contributed by atoms with E-state index in [0.717, 1.165) is 12.3 Å². The van der Waals surface area contributed by atoms with E-state index >= 15 is 0 Å². The van der Waals surface area contributed by atoms with E-state index in [2.05, 4.69) is 103 Å². The molecule has 33 heavy (non-hydrogen) atoms. The van der Waals surface area contributed by atoms with E-state index in [4.69, 9.17) is 4.74 Å². The summed E-state index contributed by atoms with van der Waals surface area (Å²) in [6.07, 6.45) is 1.29. The molecule has 1 N–H and O–H groups in total. The maximum atomic E-state index is 5.72. The first kappa shape index (κ1) is 22.2. The van der Waals surface area contributed by atoms with Crippen molar-refractivity contribution >= 4 is 0 Å². The maximum absolute atomic E-state index is 5.72. The summed E-state index contributed by atoms with van der Waals surface area (Å²) in [5.74, 6) is 2.55. The first-order chi connectivity index (χ1) is 16.2. The van der Waals surface area contributed by atoms with Crippen LogP contribution >= 0.6 is 0 Å². The number of hydrogen-bond donors (Lipinski definition) is 1. The first-order valence-electron chi connectivity index (χ1n) is 12.4. The molecule has 2 fully saturated rings. The standard InChI is InChI=1S/C30H36N2O/c1-21(2)24-14-15-27(33-3)26(18-24)19-31-29-25-16-17-32(20-25)30(29)28(22-10-6-4-7-11-22)23-12-8-5-9-13-23/h4-15,18,21,25,28-31H,16-17,19-20H2,1-3H3/t25-,29-,30-/m0/s1. The van der Waals surface area contributed by atoms with E-state index in [1.165, 1.54) is 41.8 Å². The monoisotopic (exact) mass is 440 g/mol. The van der Waals surface area contributed by atoms with E-state index in [1.54, 1.807) is 7.11 Å². The molecule has 3 aromatic carbocycles. The third-order valence-electron chi connectivity index (χ3n) is 7.71. The molecule has 2 aliphatic rings. The molecule has 2 aliphatic heterocycles. The molecule has 0 unspecified atom stereocenters. The average Bonchev–Trinajstić information content (AvgIpc) is 3.46. The van der Waals surface area contributed by atoms with E-state index < -0.39 is 0 Å². The van der Waals surface area contributed by atoms with Crippen molar-refractivity contribution in [1.29, 1.82) is 0 Å². The highest BCUT2D eigenvalue weighted by molar-refractivity contribution is 5.39. The molecule has 3 aromatic rings. The van der Waals surface area contributed by atoms with Crippen LogP contribution in [0.2, 0.25) is 0 Å². The Morgan fingerprint density at radius 2 is 1.58 bits per heavy atom. The smallest absolute Gasteiger partial charge is 0.123 e. The Labute approximate surface area is 198 Å². The van der Waals surface area contributed by atoms with Gasteiger partial charge >= 0.3 is 0 Å². The normalized spacial score (nSPS) is 24.0. The van der Waals surface area contributed by atoms with Gasteiger partial charge in [0, 0.05) is 36.7 Å². The molecule has 0 spiro atoms. The number of fused-ring (bicyclic) bond motifs is 2. The summed E-state index contributed by atoms with van der Waals surface area (Å²) in [6, 6.07) is 29.7. The maximum Gasteiger partial charge on any atom is 0.123 e. The van der Waals surface area contributed by atoms with Gasteiger partial charge in [-0.05, 0) is 47.6 Å². The predicted octanol–water partition coefficient (Wildman–Crippen LogP) is 5.81. The number of methoxy groups -OCH3 is 1. The lowest BCUT2D eigenvalue weighted by molar-refractivity contribution is 0.197. The van der Waals surface area contributed by atoms with Gasteiger partial charge in [-0.1, -0.05) is 86.6 Å². The van der Waals surface area contributed by atoms with Crippen LogP contribution in [0.4, 0.5) is 0 Å². The molecular formula is C30H36N2O. The minimum absolute atomic E-state index is 0.360. The molecule has 4 atom stereocenters. The van der Waals surface area contributed by atoms with Gasteiger partial charge in [-0.15, -0.1) is 0 Å². The van der Waals surface area contributed by atoms with Gasteiger partial charge in [0.1, 0.15) is 5.75 Å². The first-order valence-corrected chi connectivity index (χ1v) is 12.4. The Balaban J connectivity index is 1.46. The van der Waals surface area contributed by atoms with Crippen LogP contribution in [0.25, 0.3) is 0 Å². The van der Waals surface area contributed by atoms with Crippen molar-refractivity contribution in [2.45, 2.75) is 50.7 Å². The fourth-order valence-corrected chi connectivity index (χ4v) is 6.02. The lowest BCUT2D eigenvalue weighted by atomic mass is 9.78. The van der Waals surface area contributed by atoms with E-state index in [0.29, 0.717) is 29.8 Å². The van der Waals surface area contributed by atoms with Crippen molar-refractivity contribution < 1.29 is 4.74 Å². The zero-order valence-electron chi connectivity index (χ0n) is 20.1. The van der Waals surface area contributed by atoms with Crippen molar-refractivity contribution in [3.8, 4) is 5.75 Å². The quantitative estimate of drug-likeness (QED) is 0.478. The Morgan fingerprint density at radius 3 is 2.18 bits per heavy atom. The zero-order valence-corrected chi connectivity index (χ0v) is 20.1. The van der Waals surface area contributed by atoms with E-state index in [-0.39, 0.29) is 0 Å². The van der Waals surface area contributed by atoms with Crippen molar-refractivity contribution in [2.24, 2.45) is 5.92 Å². The van der Waals surface area contributed by atoms with Gasteiger partial charge in [0.05, 0.1) is 7.11 Å². The lowest BCUT2D eigenvalue weighted by Gasteiger charge is -2.39. The minimum atomic E-state index is 0.360. The number of ether oxygens (including phenoxy) is 1. The summed E-state index contributed by atoms with van der Waals surface area (Å²) < 4.78 is 5.72. The number of rotatable bonds is 8. The topological polar surface area (TPSA) is 24.5 Å². The Morgan fingerprint density at radius 1 is 0.909 bits per heavy atom. The molecule has 0 amide bonds. The second-order valence-corrected chi connectivity index (χ2v) is 9.97. The number of nitrogens with one attached hydrogen (secondary N) is 1. The van der Waals surface area contributed by atoms with E-state index in [1.807, 2.05) is 0 Å². The highest BCUT2D eigenvalue weighted by atomic mass is 16.5. The SMILES string of the molecule is COc1ccc(C(C)C)cc1CN[C@H]1[C@H]2CC[N@@](C2)[C@H]1C(c1ccccc1)c1ccccc1. The van der Waals surface area contributed by atoms with Gasteiger partial charge in [0.15, 0.2) is 0 Å². The Bertz CT molecular complexity index is 1010. The highest BCUT2D eigenvalue weighted by Gasteiger charge is 2.49.